The smallest absolute Gasteiger partial charge is 0.229 e. The Morgan fingerprint density at radius 3 is 2.32 bits per heavy atom. The highest BCUT2D eigenvalue weighted by Crippen LogP contribution is 2.26. The zero-order chi connectivity index (χ0) is 16.2. The Balaban J connectivity index is 1.77. The quantitative estimate of drug-likeness (QED) is 0.709. The minimum Gasteiger partial charge on any atom is -0.229 e. The first kappa shape index (κ1) is 17.4. The SMILES string of the molecule is CN(C1CC1)S(=O)(=O)NCCS(=O)(=O)CCc1ccccc1. The number of aryl methyl sites for hydroxylation is 1. The van der Waals surface area contributed by atoms with Crippen LogP contribution in [0.4, 0.5) is 0 Å². The number of hydrogen-bond acceptors (Lipinski definition) is 4. The van der Waals surface area contributed by atoms with Crippen molar-refractivity contribution in [1.82, 2.24) is 9.03 Å². The molecule has 0 unspecified atom stereocenters. The molecule has 0 radical (unpaired) electrons. The first-order chi connectivity index (χ1) is 10.3. The summed E-state index contributed by atoms with van der Waals surface area (Å²) in [5.41, 5.74) is 0.958. The van der Waals surface area contributed by atoms with E-state index in [1.54, 1.807) is 0 Å². The molecule has 0 aliphatic heterocycles. The maximum absolute atomic E-state index is 12.0. The van der Waals surface area contributed by atoms with Crippen LogP contribution in [0.3, 0.4) is 0 Å². The third kappa shape index (κ3) is 5.35. The van der Waals surface area contributed by atoms with Gasteiger partial charge in [-0.05, 0) is 24.8 Å². The molecule has 0 amide bonds. The first-order valence-electron chi connectivity index (χ1n) is 7.27. The van der Waals surface area contributed by atoms with Crippen LogP contribution in [0.2, 0.25) is 0 Å². The molecule has 1 aromatic rings. The molecule has 22 heavy (non-hydrogen) atoms. The summed E-state index contributed by atoms with van der Waals surface area (Å²) in [5.74, 6) is -0.158. The lowest BCUT2D eigenvalue weighted by Gasteiger charge is -2.16. The molecule has 0 spiro atoms. The second-order valence-electron chi connectivity index (χ2n) is 5.53. The molecule has 0 atom stereocenters. The topological polar surface area (TPSA) is 83.6 Å². The average Bonchev–Trinajstić information content (AvgIpc) is 3.30. The third-order valence-corrected chi connectivity index (χ3v) is 6.96. The zero-order valence-corrected chi connectivity index (χ0v) is 14.2. The molecule has 0 aromatic heterocycles. The van der Waals surface area contributed by atoms with Crippen LogP contribution < -0.4 is 4.72 Å². The van der Waals surface area contributed by atoms with Gasteiger partial charge in [-0.15, -0.1) is 0 Å². The van der Waals surface area contributed by atoms with Crippen molar-refractivity contribution in [2.24, 2.45) is 0 Å². The predicted octanol–water partition coefficient (Wildman–Crippen LogP) is 0.573. The minimum absolute atomic E-state index is 0.0250. The molecule has 0 bridgehead atoms. The highest BCUT2D eigenvalue weighted by molar-refractivity contribution is 7.91. The molecule has 1 aromatic carbocycles. The van der Waals surface area contributed by atoms with E-state index in [1.165, 1.54) is 11.4 Å². The van der Waals surface area contributed by atoms with Crippen molar-refractivity contribution >= 4 is 20.0 Å². The Bertz CT molecular complexity index is 683. The van der Waals surface area contributed by atoms with Gasteiger partial charge in [0.15, 0.2) is 9.84 Å². The lowest BCUT2D eigenvalue weighted by atomic mass is 10.2. The number of rotatable bonds is 9. The second kappa shape index (κ2) is 7.08. The van der Waals surface area contributed by atoms with Crippen molar-refractivity contribution in [3.05, 3.63) is 35.9 Å². The van der Waals surface area contributed by atoms with Gasteiger partial charge in [-0.1, -0.05) is 30.3 Å². The molecular weight excluding hydrogens is 324 g/mol. The summed E-state index contributed by atoms with van der Waals surface area (Å²) < 4.78 is 51.3. The Hall–Kier alpha value is -0.960. The van der Waals surface area contributed by atoms with Crippen molar-refractivity contribution in [1.29, 1.82) is 0 Å². The molecule has 6 nitrogen and oxygen atoms in total. The van der Waals surface area contributed by atoms with Crippen molar-refractivity contribution in [2.75, 3.05) is 25.1 Å². The number of nitrogens with one attached hydrogen (secondary N) is 1. The van der Waals surface area contributed by atoms with Crippen molar-refractivity contribution in [2.45, 2.75) is 25.3 Å². The van der Waals surface area contributed by atoms with E-state index >= 15 is 0 Å². The summed E-state index contributed by atoms with van der Waals surface area (Å²) in [6.45, 7) is -0.0868. The summed E-state index contributed by atoms with van der Waals surface area (Å²) in [5, 5.41) is 0. The van der Waals surface area contributed by atoms with Crippen LogP contribution in [-0.4, -0.2) is 52.3 Å². The first-order valence-corrected chi connectivity index (χ1v) is 10.5. The van der Waals surface area contributed by atoms with E-state index in [0.29, 0.717) is 6.42 Å². The molecule has 1 saturated carbocycles. The van der Waals surface area contributed by atoms with Gasteiger partial charge in [0.25, 0.3) is 10.2 Å². The van der Waals surface area contributed by atoms with Crippen LogP contribution in [0.25, 0.3) is 0 Å². The summed E-state index contributed by atoms with van der Waals surface area (Å²) >= 11 is 0. The third-order valence-electron chi connectivity index (χ3n) is 3.68. The van der Waals surface area contributed by atoms with Gasteiger partial charge in [-0.25, -0.2) is 13.1 Å². The molecule has 1 aliphatic carbocycles. The van der Waals surface area contributed by atoms with Gasteiger partial charge in [-0.2, -0.15) is 12.7 Å². The van der Waals surface area contributed by atoms with Crippen molar-refractivity contribution in [3.8, 4) is 0 Å². The van der Waals surface area contributed by atoms with Gasteiger partial charge in [0, 0.05) is 19.6 Å². The van der Waals surface area contributed by atoms with Gasteiger partial charge in [0.2, 0.25) is 0 Å². The largest absolute Gasteiger partial charge is 0.279 e. The van der Waals surface area contributed by atoms with E-state index < -0.39 is 20.0 Å². The van der Waals surface area contributed by atoms with Gasteiger partial charge in [0.05, 0.1) is 11.5 Å². The second-order valence-corrected chi connectivity index (χ2v) is 9.65. The molecule has 1 aliphatic rings. The fourth-order valence-corrected chi connectivity index (χ4v) is 4.54. The molecule has 0 saturated heterocycles. The highest BCUT2D eigenvalue weighted by Gasteiger charge is 2.33. The normalized spacial score (nSPS) is 16.1. The Morgan fingerprint density at radius 2 is 1.73 bits per heavy atom. The number of nitrogens with zero attached hydrogens (tertiary/aromatic N) is 1. The van der Waals surface area contributed by atoms with E-state index in [0.717, 1.165) is 18.4 Å². The van der Waals surface area contributed by atoms with E-state index in [9.17, 15) is 16.8 Å². The van der Waals surface area contributed by atoms with Crippen molar-refractivity contribution < 1.29 is 16.8 Å². The molecule has 1 N–H and O–H groups in total. The van der Waals surface area contributed by atoms with Crippen LogP contribution in [-0.2, 0) is 26.5 Å². The molecule has 0 heterocycles. The number of hydrogen-bond donors (Lipinski definition) is 1. The van der Waals surface area contributed by atoms with Crippen LogP contribution in [0.15, 0.2) is 30.3 Å². The standard InChI is InChI=1S/C14H22N2O4S2/c1-16(14-7-8-14)22(19,20)15-10-12-21(17,18)11-9-13-5-3-2-4-6-13/h2-6,14-15H,7-12H2,1H3. The van der Waals surface area contributed by atoms with E-state index in [4.69, 9.17) is 0 Å². The minimum atomic E-state index is -3.57. The lowest BCUT2D eigenvalue weighted by Crippen LogP contribution is -2.41. The Kier molecular flexibility index (Phi) is 5.60. The molecule has 8 heteroatoms. The van der Waals surface area contributed by atoms with Gasteiger partial charge in [-0.3, -0.25) is 0 Å². The summed E-state index contributed by atoms with van der Waals surface area (Å²) in [6.07, 6.45) is 2.18. The molecule has 2 rings (SSSR count). The maximum atomic E-state index is 12.0. The zero-order valence-electron chi connectivity index (χ0n) is 12.6. The highest BCUT2D eigenvalue weighted by atomic mass is 32.2. The Morgan fingerprint density at radius 1 is 1.09 bits per heavy atom. The number of sulfone groups is 1. The van der Waals surface area contributed by atoms with Crippen LogP contribution in [0.1, 0.15) is 18.4 Å². The predicted molar refractivity (Wildman–Crippen MR) is 86.5 cm³/mol. The summed E-state index contributed by atoms with van der Waals surface area (Å²) in [7, 11) is -5.33. The maximum Gasteiger partial charge on any atom is 0.279 e. The molecule has 1 fully saturated rings. The van der Waals surface area contributed by atoms with Gasteiger partial charge in [0.1, 0.15) is 0 Å². The fraction of sp³-hybridized carbons (Fsp3) is 0.571. The monoisotopic (exact) mass is 346 g/mol. The van der Waals surface area contributed by atoms with Crippen LogP contribution >= 0.6 is 0 Å². The lowest BCUT2D eigenvalue weighted by molar-refractivity contribution is 0.454. The van der Waals surface area contributed by atoms with E-state index in [-0.39, 0.29) is 24.1 Å². The van der Waals surface area contributed by atoms with Gasteiger partial charge >= 0.3 is 0 Å². The Labute approximate surface area is 132 Å². The van der Waals surface area contributed by atoms with Crippen molar-refractivity contribution in [3.63, 3.8) is 0 Å². The van der Waals surface area contributed by atoms with E-state index in [2.05, 4.69) is 4.72 Å². The summed E-state index contributed by atoms with van der Waals surface area (Å²) in [6, 6.07) is 9.43. The summed E-state index contributed by atoms with van der Waals surface area (Å²) in [4.78, 5) is 0. The number of benzene rings is 1. The molecule has 124 valence electrons. The average molecular weight is 346 g/mol. The fourth-order valence-electron chi connectivity index (χ4n) is 2.08. The van der Waals surface area contributed by atoms with Gasteiger partial charge < -0.3 is 0 Å². The van der Waals surface area contributed by atoms with Crippen LogP contribution in [0.5, 0.6) is 0 Å². The van der Waals surface area contributed by atoms with Crippen LogP contribution in [0, 0.1) is 0 Å². The van der Waals surface area contributed by atoms with E-state index in [1.807, 2.05) is 30.3 Å². The molecular formula is C14H22N2O4S2.